The van der Waals surface area contributed by atoms with Crippen LogP contribution in [0.4, 0.5) is 4.79 Å². The molecule has 1 aromatic rings. The number of hydrogen-bond donors (Lipinski definition) is 2. The van der Waals surface area contributed by atoms with Gasteiger partial charge in [-0.15, -0.1) is 0 Å². The zero-order valence-electron chi connectivity index (χ0n) is 15.1. The minimum atomic E-state index is -0.261. The van der Waals surface area contributed by atoms with Gasteiger partial charge in [-0.1, -0.05) is 12.1 Å². The summed E-state index contributed by atoms with van der Waals surface area (Å²) in [4.78, 5) is 25.5. The summed E-state index contributed by atoms with van der Waals surface area (Å²) in [5.41, 5.74) is 0.941. The van der Waals surface area contributed by atoms with Crippen molar-refractivity contribution in [1.29, 1.82) is 0 Å². The lowest BCUT2D eigenvalue weighted by atomic mass is 10.1. The van der Waals surface area contributed by atoms with Gasteiger partial charge in [0.15, 0.2) is 0 Å². The third kappa shape index (κ3) is 5.63. The van der Waals surface area contributed by atoms with E-state index >= 15 is 0 Å². The Hall–Kier alpha value is -2.28. The largest absolute Gasteiger partial charge is 0.494 e. The zero-order chi connectivity index (χ0) is 18.2. The number of carbonyl (C=O) groups is 2. The summed E-state index contributed by atoms with van der Waals surface area (Å²) in [5.74, 6) is 0.909. The Kier molecular flexibility index (Phi) is 7.06. The Morgan fingerprint density at radius 1 is 1.36 bits per heavy atom. The van der Waals surface area contributed by atoms with Gasteiger partial charge in [0.1, 0.15) is 5.75 Å². The molecular formula is C18H27N3O4. The molecule has 2 rings (SSSR count). The van der Waals surface area contributed by atoms with E-state index in [9.17, 15) is 9.59 Å². The summed E-state index contributed by atoms with van der Waals surface area (Å²) in [5, 5.41) is 5.88. The van der Waals surface area contributed by atoms with Crippen LogP contribution in [0.3, 0.4) is 0 Å². The predicted molar refractivity (Wildman–Crippen MR) is 94.6 cm³/mol. The monoisotopic (exact) mass is 349 g/mol. The second kappa shape index (κ2) is 9.27. The summed E-state index contributed by atoms with van der Waals surface area (Å²) in [6, 6.07) is 7.04. The summed E-state index contributed by atoms with van der Waals surface area (Å²) < 4.78 is 10.7. The molecule has 7 heteroatoms. The number of methoxy groups -OCH3 is 1. The van der Waals surface area contributed by atoms with Gasteiger partial charge in [-0.25, -0.2) is 4.79 Å². The van der Waals surface area contributed by atoms with Gasteiger partial charge < -0.3 is 25.0 Å². The van der Waals surface area contributed by atoms with Gasteiger partial charge in [-0.3, -0.25) is 4.79 Å². The summed E-state index contributed by atoms with van der Waals surface area (Å²) in [6.07, 6.45) is 1.12. The van der Waals surface area contributed by atoms with Crippen molar-refractivity contribution in [1.82, 2.24) is 15.5 Å². The third-order valence-corrected chi connectivity index (χ3v) is 4.19. The lowest BCUT2D eigenvalue weighted by Crippen LogP contribution is -2.51. The number of nitrogens with zero attached hydrogens (tertiary/aromatic N) is 1. The number of carbonyl (C=O) groups excluding carboxylic acids is 2. The quantitative estimate of drug-likeness (QED) is 0.785. The fraction of sp³-hybridized carbons (Fsp3) is 0.556. The van der Waals surface area contributed by atoms with Crippen LogP contribution in [0.2, 0.25) is 0 Å². The van der Waals surface area contributed by atoms with Crippen molar-refractivity contribution in [2.45, 2.75) is 31.8 Å². The molecule has 1 aliphatic heterocycles. The molecule has 2 unspecified atom stereocenters. The van der Waals surface area contributed by atoms with E-state index in [0.717, 1.165) is 11.3 Å². The van der Waals surface area contributed by atoms with E-state index in [1.807, 2.05) is 31.2 Å². The standard InChI is InChI=1S/C18H27N3O4/c1-4-25-15-8-5-13(6-9-15)16(12-24-3)20-18(23)19-14-7-10-17(22)21(2)11-14/h5-6,8-9,14,16H,4,7,10-12H2,1-3H3,(H2,19,20,23). The van der Waals surface area contributed by atoms with Crippen molar-refractivity contribution in [3.8, 4) is 5.75 Å². The molecular weight excluding hydrogens is 322 g/mol. The van der Waals surface area contributed by atoms with E-state index < -0.39 is 0 Å². The molecule has 0 aliphatic carbocycles. The topological polar surface area (TPSA) is 79.9 Å². The highest BCUT2D eigenvalue weighted by Gasteiger charge is 2.25. The number of amides is 3. The molecule has 2 atom stereocenters. The molecule has 1 heterocycles. The molecule has 7 nitrogen and oxygen atoms in total. The van der Waals surface area contributed by atoms with E-state index in [1.54, 1.807) is 19.1 Å². The summed E-state index contributed by atoms with van der Waals surface area (Å²) in [7, 11) is 3.35. The van der Waals surface area contributed by atoms with E-state index in [4.69, 9.17) is 9.47 Å². The number of ether oxygens (including phenoxy) is 2. The maximum absolute atomic E-state index is 12.3. The van der Waals surface area contributed by atoms with Gasteiger partial charge in [0, 0.05) is 33.2 Å². The molecule has 1 fully saturated rings. The van der Waals surface area contributed by atoms with Crippen molar-refractivity contribution in [3.05, 3.63) is 29.8 Å². The molecule has 1 aromatic carbocycles. The molecule has 0 radical (unpaired) electrons. The maximum Gasteiger partial charge on any atom is 0.315 e. The minimum absolute atomic E-state index is 0.0359. The highest BCUT2D eigenvalue weighted by Crippen LogP contribution is 2.18. The lowest BCUT2D eigenvalue weighted by molar-refractivity contribution is -0.132. The van der Waals surface area contributed by atoms with Crippen LogP contribution >= 0.6 is 0 Å². The van der Waals surface area contributed by atoms with Crippen molar-refractivity contribution < 1.29 is 19.1 Å². The lowest BCUT2D eigenvalue weighted by Gasteiger charge is -2.30. The molecule has 3 amide bonds. The molecule has 0 spiro atoms. The van der Waals surface area contributed by atoms with Crippen LogP contribution in [0.1, 0.15) is 31.4 Å². The minimum Gasteiger partial charge on any atom is -0.494 e. The predicted octanol–water partition coefficient (Wildman–Crippen LogP) is 1.69. The number of likely N-dealkylation sites (N-methyl/N-ethyl adjacent to an activating group) is 1. The fourth-order valence-electron chi connectivity index (χ4n) is 2.87. The normalized spacial score (nSPS) is 18.6. The van der Waals surface area contributed by atoms with E-state index in [-0.39, 0.29) is 24.0 Å². The Bertz CT molecular complexity index is 576. The molecule has 138 valence electrons. The van der Waals surface area contributed by atoms with E-state index in [1.165, 1.54) is 0 Å². The van der Waals surface area contributed by atoms with Gasteiger partial charge in [-0.2, -0.15) is 0 Å². The number of likely N-dealkylation sites (tertiary alicyclic amines) is 1. The molecule has 25 heavy (non-hydrogen) atoms. The van der Waals surface area contributed by atoms with E-state index in [2.05, 4.69) is 10.6 Å². The number of urea groups is 1. The first kappa shape index (κ1) is 19.1. The average Bonchev–Trinajstić information content (AvgIpc) is 2.59. The first-order valence-electron chi connectivity index (χ1n) is 8.56. The maximum atomic E-state index is 12.3. The molecule has 1 saturated heterocycles. The number of piperidine rings is 1. The third-order valence-electron chi connectivity index (χ3n) is 4.19. The van der Waals surface area contributed by atoms with Crippen LogP contribution in [0.5, 0.6) is 5.75 Å². The highest BCUT2D eigenvalue weighted by atomic mass is 16.5. The fourth-order valence-corrected chi connectivity index (χ4v) is 2.87. The second-order valence-electron chi connectivity index (χ2n) is 6.14. The number of benzene rings is 1. The van der Waals surface area contributed by atoms with Gasteiger partial charge in [-0.05, 0) is 31.0 Å². The second-order valence-corrected chi connectivity index (χ2v) is 6.14. The van der Waals surface area contributed by atoms with E-state index in [0.29, 0.717) is 32.6 Å². The van der Waals surface area contributed by atoms with Crippen LogP contribution in [0.15, 0.2) is 24.3 Å². The Labute approximate surface area is 148 Å². The molecule has 0 bridgehead atoms. The van der Waals surface area contributed by atoms with Crippen LogP contribution in [-0.4, -0.2) is 56.8 Å². The van der Waals surface area contributed by atoms with Crippen LogP contribution in [0.25, 0.3) is 0 Å². The first-order valence-corrected chi connectivity index (χ1v) is 8.56. The Morgan fingerprint density at radius 3 is 2.68 bits per heavy atom. The SMILES string of the molecule is CCOc1ccc(C(COC)NC(=O)NC2CCC(=O)N(C)C2)cc1. The molecule has 0 aromatic heterocycles. The molecule has 0 saturated carbocycles. The van der Waals surface area contributed by atoms with Gasteiger partial charge in [0.25, 0.3) is 0 Å². The van der Waals surface area contributed by atoms with Crippen LogP contribution < -0.4 is 15.4 Å². The Balaban J connectivity index is 1.93. The van der Waals surface area contributed by atoms with Crippen molar-refractivity contribution in [3.63, 3.8) is 0 Å². The van der Waals surface area contributed by atoms with Gasteiger partial charge in [0.05, 0.1) is 19.3 Å². The number of rotatable bonds is 7. The van der Waals surface area contributed by atoms with Gasteiger partial charge >= 0.3 is 6.03 Å². The Morgan fingerprint density at radius 2 is 2.08 bits per heavy atom. The highest BCUT2D eigenvalue weighted by molar-refractivity contribution is 5.78. The van der Waals surface area contributed by atoms with Crippen LogP contribution in [0, 0.1) is 0 Å². The van der Waals surface area contributed by atoms with Crippen molar-refractivity contribution >= 4 is 11.9 Å². The summed E-state index contributed by atoms with van der Waals surface area (Å²) in [6.45, 7) is 3.44. The van der Waals surface area contributed by atoms with Gasteiger partial charge in [0.2, 0.25) is 5.91 Å². The van der Waals surface area contributed by atoms with Crippen molar-refractivity contribution in [2.75, 3.05) is 33.9 Å². The van der Waals surface area contributed by atoms with Crippen molar-refractivity contribution in [2.24, 2.45) is 0 Å². The summed E-state index contributed by atoms with van der Waals surface area (Å²) >= 11 is 0. The zero-order valence-corrected chi connectivity index (χ0v) is 15.1. The molecule has 1 aliphatic rings. The average molecular weight is 349 g/mol. The smallest absolute Gasteiger partial charge is 0.315 e. The number of hydrogen-bond acceptors (Lipinski definition) is 4. The molecule has 2 N–H and O–H groups in total. The number of nitrogens with one attached hydrogen (secondary N) is 2. The van der Waals surface area contributed by atoms with Crippen LogP contribution in [-0.2, 0) is 9.53 Å². The first-order chi connectivity index (χ1) is 12.0.